The van der Waals surface area contributed by atoms with Crippen LogP contribution in [0.2, 0.25) is 4.34 Å². The van der Waals surface area contributed by atoms with Gasteiger partial charge >= 0.3 is 0 Å². The molecule has 2 fully saturated rings. The number of hydrogen-bond donors (Lipinski definition) is 2. The van der Waals surface area contributed by atoms with Gasteiger partial charge in [-0.2, -0.15) is 0 Å². The number of fused-ring (bicyclic) bond motifs is 1. The van der Waals surface area contributed by atoms with Crippen LogP contribution in [0, 0.1) is 22.0 Å². The number of halogens is 1. The van der Waals surface area contributed by atoms with E-state index in [1.54, 1.807) is 0 Å². The maximum Gasteiger partial charge on any atom is 0.300 e. The van der Waals surface area contributed by atoms with E-state index in [9.17, 15) is 18.5 Å². The Morgan fingerprint density at radius 1 is 1.47 bits per heavy atom. The van der Waals surface area contributed by atoms with Crippen LogP contribution in [0.4, 0.5) is 5.69 Å². The molecule has 2 unspecified atom stereocenters. The third-order valence-corrected chi connectivity index (χ3v) is 6.76. The Hall–Kier alpha value is -0.740. The summed E-state index contributed by atoms with van der Waals surface area (Å²) in [5.74, 6) is 0.667. The Morgan fingerprint density at radius 3 is 2.63 bits per heavy atom. The van der Waals surface area contributed by atoms with E-state index in [4.69, 9.17) is 11.6 Å². The monoisotopic (exact) mass is 323 g/mol. The second-order valence-corrected chi connectivity index (χ2v) is 8.21. The molecule has 1 aromatic heterocycles. The molecule has 2 aliphatic rings. The summed E-state index contributed by atoms with van der Waals surface area (Å²) in [4.78, 5) is 9.97. The second kappa shape index (κ2) is 4.38. The molecule has 2 atom stereocenters. The van der Waals surface area contributed by atoms with Gasteiger partial charge in [0.15, 0.2) is 4.34 Å². The number of piperidine rings is 1. The van der Waals surface area contributed by atoms with E-state index < -0.39 is 14.9 Å². The number of thiophene rings is 1. The number of nitro groups is 1. The predicted octanol–water partition coefficient (Wildman–Crippen LogP) is 0.806. The molecule has 0 radical (unpaired) electrons. The van der Waals surface area contributed by atoms with Crippen molar-refractivity contribution in [2.24, 2.45) is 11.8 Å². The molecule has 1 aliphatic heterocycles. The smallest absolute Gasteiger partial charge is 0.300 e. The lowest BCUT2D eigenvalue weighted by Gasteiger charge is -2.06. The zero-order chi connectivity index (χ0) is 13.8. The molecule has 1 aromatic rings. The molecular formula is C9H10ClN3O4S2. The summed E-state index contributed by atoms with van der Waals surface area (Å²) in [5, 5.41) is 13.8. The van der Waals surface area contributed by atoms with Crippen molar-refractivity contribution in [1.82, 2.24) is 10.0 Å². The van der Waals surface area contributed by atoms with Crippen LogP contribution in [0.15, 0.2) is 10.3 Å². The van der Waals surface area contributed by atoms with Gasteiger partial charge in [-0.1, -0.05) is 11.6 Å². The molecule has 10 heteroatoms. The maximum absolute atomic E-state index is 12.1. The molecule has 1 saturated carbocycles. The molecule has 1 aliphatic carbocycles. The van der Waals surface area contributed by atoms with Crippen LogP contribution in [-0.2, 0) is 10.0 Å². The molecule has 0 amide bonds. The van der Waals surface area contributed by atoms with Crippen molar-refractivity contribution in [3.63, 3.8) is 0 Å². The second-order valence-electron chi connectivity index (χ2n) is 4.61. The van der Waals surface area contributed by atoms with E-state index >= 15 is 0 Å². The minimum Gasteiger partial charge on any atom is -0.316 e. The number of hydrogen-bond acceptors (Lipinski definition) is 6. The molecule has 1 saturated heterocycles. The van der Waals surface area contributed by atoms with Crippen LogP contribution in [0.1, 0.15) is 0 Å². The Bertz CT molecular complexity index is 634. The fourth-order valence-electron chi connectivity index (χ4n) is 2.43. The summed E-state index contributed by atoms with van der Waals surface area (Å²) in [6.07, 6.45) is 0. The average molecular weight is 324 g/mol. The summed E-state index contributed by atoms with van der Waals surface area (Å²) in [6.45, 7) is 1.62. The Kier molecular flexibility index (Phi) is 3.06. The standard InChI is InChI=1S/C9H10ClN3O4S2/c10-9-6(13(14)15)1-7(18-9)19(16,17)12-8-4-2-11-3-5(4)8/h1,4-5,8,11-12H,2-3H2. The van der Waals surface area contributed by atoms with Gasteiger partial charge in [0.05, 0.1) is 4.92 Å². The lowest BCUT2D eigenvalue weighted by molar-refractivity contribution is -0.384. The van der Waals surface area contributed by atoms with Crippen LogP contribution in [0.5, 0.6) is 0 Å². The predicted molar refractivity (Wildman–Crippen MR) is 69.9 cm³/mol. The third-order valence-electron chi connectivity index (χ3n) is 3.49. The minimum absolute atomic E-state index is 0.0637. The van der Waals surface area contributed by atoms with Gasteiger partial charge in [-0.25, -0.2) is 13.1 Å². The molecule has 0 spiro atoms. The fraction of sp³-hybridized carbons (Fsp3) is 0.556. The van der Waals surface area contributed by atoms with E-state index in [0.29, 0.717) is 23.2 Å². The van der Waals surface area contributed by atoms with Crippen LogP contribution in [0.25, 0.3) is 0 Å². The summed E-state index contributed by atoms with van der Waals surface area (Å²) in [7, 11) is -3.72. The number of nitrogens with one attached hydrogen (secondary N) is 2. The first-order valence-corrected chi connectivity index (χ1v) is 8.24. The van der Waals surface area contributed by atoms with E-state index in [0.717, 1.165) is 19.2 Å². The highest BCUT2D eigenvalue weighted by atomic mass is 35.5. The molecule has 2 N–H and O–H groups in total. The average Bonchev–Trinajstić information content (AvgIpc) is 2.73. The molecule has 0 bridgehead atoms. The highest BCUT2D eigenvalue weighted by Gasteiger charge is 2.54. The Balaban J connectivity index is 1.80. The third kappa shape index (κ3) is 2.25. The Labute approximate surface area is 118 Å². The Morgan fingerprint density at radius 2 is 2.11 bits per heavy atom. The zero-order valence-electron chi connectivity index (χ0n) is 9.50. The zero-order valence-corrected chi connectivity index (χ0v) is 11.9. The normalized spacial score (nSPS) is 29.2. The minimum atomic E-state index is -3.72. The lowest BCUT2D eigenvalue weighted by Crippen LogP contribution is -2.32. The summed E-state index contributed by atoms with van der Waals surface area (Å²) >= 11 is 6.37. The first kappa shape index (κ1) is 13.3. The van der Waals surface area contributed by atoms with E-state index in [1.807, 2.05) is 0 Å². The largest absolute Gasteiger partial charge is 0.316 e. The molecule has 2 heterocycles. The number of nitrogens with zero attached hydrogens (tertiary/aromatic N) is 1. The van der Waals surface area contributed by atoms with Gasteiger partial charge in [0, 0.05) is 12.1 Å². The van der Waals surface area contributed by atoms with Crippen LogP contribution < -0.4 is 10.0 Å². The van der Waals surface area contributed by atoms with Crippen molar-refractivity contribution in [2.45, 2.75) is 10.3 Å². The van der Waals surface area contributed by atoms with E-state index in [-0.39, 0.29) is 20.3 Å². The maximum atomic E-state index is 12.1. The van der Waals surface area contributed by atoms with Crippen molar-refractivity contribution in [3.8, 4) is 0 Å². The summed E-state index contributed by atoms with van der Waals surface area (Å²) in [6, 6.07) is 0.942. The summed E-state index contributed by atoms with van der Waals surface area (Å²) in [5.41, 5.74) is -0.371. The number of rotatable bonds is 4. The summed E-state index contributed by atoms with van der Waals surface area (Å²) < 4.78 is 26.6. The fourth-order valence-corrected chi connectivity index (χ4v) is 5.45. The molecule has 3 rings (SSSR count). The van der Waals surface area contributed by atoms with Gasteiger partial charge in [0.2, 0.25) is 0 Å². The first-order chi connectivity index (χ1) is 8.90. The van der Waals surface area contributed by atoms with Gasteiger partial charge in [-0.15, -0.1) is 11.3 Å². The molecule has 7 nitrogen and oxygen atoms in total. The van der Waals surface area contributed by atoms with Gasteiger partial charge in [-0.05, 0) is 24.9 Å². The first-order valence-electron chi connectivity index (χ1n) is 5.57. The number of sulfonamides is 1. The van der Waals surface area contributed by atoms with Crippen molar-refractivity contribution < 1.29 is 13.3 Å². The molecular weight excluding hydrogens is 314 g/mol. The van der Waals surface area contributed by atoms with Crippen molar-refractivity contribution >= 4 is 38.6 Å². The van der Waals surface area contributed by atoms with Crippen LogP contribution in [-0.4, -0.2) is 32.5 Å². The van der Waals surface area contributed by atoms with Crippen molar-refractivity contribution in [2.75, 3.05) is 13.1 Å². The van der Waals surface area contributed by atoms with Crippen molar-refractivity contribution in [3.05, 3.63) is 20.5 Å². The van der Waals surface area contributed by atoms with Gasteiger partial charge < -0.3 is 5.32 Å². The van der Waals surface area contributed by atoms with E-state index in [1.165, 1.54) is 0 Å². The molecule has 0 aromatic carbocycles. The molecule has 104 valence electrons. The van der Waals surface area contributed by atoms with Gasteiger partial charge in [-0.3, -0.25) is 10.1 Å². The molecule has 19 heavy (non-hydrogen) atoms. The van der Waals surface area contributed by atoms with E-state index in [2.05, 4.69) is 10.0 Å². The van der Waals surface area contributed by atoms with Gasteiger partial charge in [0.25, 0.3) is 15.7 Å². The SMILES string of the molecule is O=[N+]([O-])c1cc(S(=O)(=O)NC2C3CNCC32)sc1Cl. The van der Waals surface area contributed by atoms with Crippen molar-refractivity contribution in [1.29, 1.82) is 0 Å². The highest BCUT2D eigenvalue weighted by Crippen LogP contribution is 2.43. The van der Waals surface area contributed by atoms with Crippen LogP contribution >= 0.6 is 22.9 Å². The van der Waals surface area contributed by atoms with Crippen LogP contribution in [0.3, 0.4) is 0 Å². The quantitative estimate of drug-likeness (QED) is 0.630. The lowest BCUT2D eigenvalue weighted by atomic mass is 10.4. The topological polar surface area (TPSA) is 101 Å². The highest BCUT2D eigenvalue weighted by molar-refractivity contribution is 7.91. The van der Waals surface area contributed by atoms with Gasteiger partial charge in [0.1, 0.15) is 4.21 Å².